The highest BCUT2D eigenvalue weighted by atomic mass is 14.7. The minimum Gasteiger partial charge on any atom is -0.247 e. The summed E-state index contributed by atoms with van der Waals surface area (Å²) in [5.41, 5.74) is 11.9. The van der Waals surface area contributed by atoms with Crippen molar-refractivity contribution >= 4 is 97.5 Å². The lowest BCUT2D eigenvalue weighted by atomic mass is 9.83. The zero-order valence-corrected chi connectivity index (χ0v) is 30.2. The molecular weight excluding hydrogens is 653 g/mol. The first-order valence-electron chi connectivity index (χ1n) is 19.2. The summed E-state index contributed by atoms with van der Waals surface area (Å²) in [5, 5.41) is 17.3. The largest absolute Gasteiger partial charge is 0.247 e. The quantitative estimate of drug-likeness (QED) is 0.136. The first-order valence-corrected chi connectivity index (χ1v) is 19.2. The summed E-state index contributed by atoms with van der Waals surface area (Å²) in [6, 6.07) is 54.1. The molecule has 0 aliphatic heterocycles. The molecule has 0 saturated heterocycles. The van der Waals surface area contributed by atoms with Gasteiger partial charge in [-0.3, -0.25) is 0 Å². The number of hydrogen-bond donors (Lipinski definition) is 0. The Morgan fingerprint density at radius 1 is 0.315 bits per heavy atom. The third-order valence-corrected chi connectivity index (χ3v) is 12.3. The predicted molar refractivity (Wildman–Crippen MR) is 232 cm³/mol. The highest BCUT2D eigenvalue weighted by Gasteiger charge is 2.25. The maximum Gasteiger partial charge on any atom is 0.0801 e. The number of nitrogens with zero attached hydrogens (tertiary/aromatic N) is 2. The second-order valence-corrected chi connectivity index (χ2v) is 14.9. The van der Waals surface area contributed by atoms with Crippen LogP contribution >= 0.6 is 0 Å². The number of pyridine rings is 2. The van der Waals surface area contributed by atoms with Gasteiger partial charge in [-0.15, -0.1) is 0 Å². The molecule has 2 heteroatoms. The lowest BCUT2D eigenvalue weighted by Gasteiger charge is -2.22. The Balaban J connectivity index is 1.29. The molecule has 0 aliphatic rings. The average Bonchev–Trinajstić information content (AvgIpc) is 3.23. The van der Waals surface area contributed by atoms with Gasteiger partial charge in [0, 0.05) is 32.3 Å². The van der Waals surface area contributed by atoms with Crippen LogP contribution in [0.3, 0.4) is 0 Å². The molecule has 2 aromatic heterocycles. The standard InChI is InChI=1S/C52H34N2/c1-3-29-13-9-21-33-31(29)19-11-23-35(33)45-37-15-5-7-17-39(37)51-47-41(45)25-27-43-49(47)50-44(53-51)28-26-42-46(38-16-6-8-18-40(38)52(54-43)48(42)50)36-24-12-20-32-30(4-2)14-10-22-34(32)36/h5-28H,3-4H2,1-2H3. The number of rotatable bonds is 4. The highest BCUT2D eigenvalue weighted by molar-refractivity contribution is 6.41. The van der Waals surface area contributed by atoms with Crippen molar-refractivity contribution in [3.8, 4) is 22.3 Å². The Labute approximate surface area is 312 Å². The van der Waals surface area contributed by atoms with Crippen LogP contribution in [-0.4, -0.2) is 9.97 Å². The molecule has 252 valence electrons. The van der Waals surface area contributed by atoms with Gasteiger partial charge in [-0.1, -0.05) is 147 Å². The van der Waals surface area contributed by atoms with Crippen molar-refractivity contribution in [2.45, 2.75) is 26.7 Å². The van der Waals surface area contributed by atoms with Gasteiger partial charge in [0.1, 0.15) is 0 Å². The van der Waals surface area contributed by atoms with Crippen molar-refractivity contribution in [2.24, 2.45) is 0 Å². The molecule has 0 bridgehead atoms. The summed E-state index contributed by atoms with van der Waals surface area (Å²) in [5.74, 6) is 0. The lowest BCUT2D eigenvalue weighted by Crippen LogP contribution is -1.99. The summed E-state index contributed by atoms with van der Waals surface area (Å²) in [4.78, 5) is 11.2. The van der Waals surface area contributed by atoms with Gasteiger partial charge < -0.3 is 0 Å². The van der Waals surface area contributed by atoms with Crippen LogP contribution in [0.5, 0.6) is 0 Å². The van der Waals surface area contributed by atoms with E-state index in [4.69, 9.17) is 9.97 Å². The number of aromatic nitrogens is 2. The maximum atomic E-state index is 5.61. The third kappa shape index (κ3) is 3.80. The normalized spacial score (nSPS) is 12.4. The van der Waals surface area contributed by atoms with Gasteiger partial charge in [0.05, 0.1) is 22.1 Å². The monoisotopic (exact) mass is 686 g/mol. The molecule has 54 heavy (non-hydrogen) atoms. The zero-order chi connectivity index (χ0) is 35.7. The number of benzene rings is 10. The fraction of sp³-hybridized carbons (Fsp3) is 0.0769. The molecule has 0 spiro atoms. The maximum absolute atomic E-state index is 5.61. The Hall–Kier alpha value is -6.64. The van der Waals surface area contributed by atoms with Crippen LogP contribution in [0.25, 0.3) is 120 Å². The lowest BCUT2D eigenvalue weighted by molar-refractivity contribution is 1.16. The van der Waals surface area contributed by atoms with E-state index < -0.39 is 0 Å². The van der Waals surface area contributed by atoms with E-state index in [-0.39, 0.29) is 0 Å². The van der Waals surface area contributed by atoms with Crippen LogP contribution in [0.4, 0.5) is 0 Å². The number of aryl methyl sites for hydroxylation is 2. The molecule has 0 radical (unpaired) electrons. The molecule has 12 rings (SSSR count). The van der Waals surface area contributed by atoms with Crippen molar-refractivity contribution in [1.82, 2.24) is 9.97 Å². The van der Waals surface area contributed by atoms with E-state index >= 15 is 0 Å². The molecular formula is C52H34N2. The highest BCUT2D eigenvalue weighted by Crippen LogP contribution is 2.51. The fourth-order valence-electron chi connectivity index (χ4n) is 10.0. The van der Waals surface area contributed by atoms with Gasteiger partial charge in [-0.25, -0.2) is 9.97 Å². The van der Waals surface area contributed by atoms with Crippen molar-refractivity contribution < 1.29 is 0 Å². The second-order valence-electron chi connectivity index (χ2n) is 14.9. The molecule has 0 fully saturated rings. The molecule has 0 unspecified atom stereocenters. The summed E-state index contributed by atoms with van der Waals surface area (Å²) in [6.07, 6.45) is 1.99. The van der Waals surface area contributed by atoms with E-state index in [0.717, 1.165) is 34.9 Å². The van der Waals surface area contributed by atoms with E-state index in [1.54, 1.807) is 0 Å². The SMILES string of the molecule is CCc1cccc2c(-c3c4ccccc4c4nc5ccc6c(-c7cccc8c(CC)cccc78)c7ccccc7c7nc8ccc3c4c8c5c67)cccc12. The minimum absolute atomic E-state index is 0.997. The van der Waals surface area contributed by atoms with Crippen molar-refractivity contribution in [3.05, 3.63) is 157 Å². The molecule has 0 atom stereocenters. The number of fused-ring (bicyclic) bond motifs is 6. The molecule has 10 aromatic carbocycles. The van der Waals surface area contributed by atoms with Crippen molar-refractivity contribution in [1.29, 1.82) is 0 Å². The van der Waals surface area contributed by atoms with E-state index in [0.29, 0.717) is 0 Å². The summed E-state index contributed by atoms with van der Waals surface area (Å²) in [6.45, 7) is 4.50. The van der Waals surface area contributed by atoms with Gasteiger partial charge in [-0.2, -0.15) is 0 Å². The fourth-order valence-corrected chi connectivity index (χ4v) is 10.0. The molecule has 0 saturated carbocycles. The van der Waals surface area contributed by atoms with Crippen LogP contribution in [0.2, 0.25) is 0 Å². The predicted octanol–water partition coefficient (Wildman–Crippen LogP) is 14.2. The van der Waals surface area contributed by atoms with Gasteiger partial charge >= 0.3 is 0 Å². The van der Waals surface area contributed by atoms with Crippen LogP contribution < -0.4 is 0 Å². The zero-order valence-electron chi connectivity index (χ0n) is 30.2. The first-order chi connectivity index (χ1) is 26.7. The average molecular weight is 687 g/mol. The summed E-state index contributed by atoms with van der Waals surface area (Å²) < 4.78 is 0. The van der Waals surface area contributed by atoms with Gasteiger partial charge in [0.15, 0.2) is 0 Å². The topological polar surface area (TPSA) is 25.8 Å². The van der Waals surface area contributed by atoms with E-state index in [9.17, 15) is 0 Å². The summed E-state index contributed by atoms with van der Waals surface area (Å²) >= 11 is 0. The van der Waals surface area contributed by atoms with Crippen LogP contribution in [0.15, 0.2) is 146 Å². The van der Waals surface area contributed by atoms with Crippen LogP contribution in [-0.2, 0) is 12.8 Å². The van der Waals surface area contributed by atoms with E-state index in [1.165, 1.54) is 109 Å². The molecule has 12 aromatic rings. The molecule has 0 amide bonds. The van der Waals surface area contributed by atoms with Gasteiger partial charge in [0.2, 0.25) is 0 Å². The van der Waals surface area contributed by atoms with Crippen LogP contribution in [0.1, 0.15) is 25.0 Å². The second kappa shape index (κ2) is 10.9. The number of hydrogen-bond acceptors (Lipinski definition) is 2. The Kier molecular flexibility index (Phi) is 6.06. The van der Waals surface area contributed by atoms with E-state index in [1.807, 2.05) is 0 Å². The van der Waals surface area contributed by atoms with Gasteiger partial charge in [0.25, 0.3) is 0 Å². The Bertz CT molecular complexity index is 3290. The van der Waals surface area contributed by atoms with Crippen molar-refractivity contribution in [3.63, 3.8) is 0 Å². The smallest absolute Gasteiger partial charge is 0.0801 e. The molecule has 0 aliphatic carbocycles. The van der Waals surface area contributed by atoms with E-state index in [2.05, 4.69) is 159 Å². The summed E-state index contributed by atoms with van der Waals surface area (Å²) in [7, 11) is 0. The van der Waals surface area contributed by atoms with Crippen LogP contribution in [0, 0.1) is 0 Å². The minimum atomic E-state index is 0.997. The first kappa shape index (κ1) is 29.9. The van der Waals surface area contributed by atoms with Crippen molar-refractivity contribution in [2.75, 3.05) is 0 Å². The third-order valence-electron chi connectivity index (χ3n) is 12.3. The molecule has 2 nitrogen and oxygen atoms in total. The van der Waals surface area contributed by atoms with Gasteiger partial charge in [-0.05, 0) is 101 Å². The molecule has 0 N–H and O–H groups in total. The Morgan fingerprint density at radius 2 is 0.704 bits per heavy atom. The Morgan fingerprint density at radius 3 is 1.15 bits per heavy atom. The molecule has 2 heterocycles.